The van der Waals surface area contributed by atoms with E-state index >= 15 is 0 Å². The molecular weight excluding hydrogens is 260 g/mol. The standard InChI is InChI=1S/C13H18N4O3/c1-15-12(18)9-3-4-10(11(7-9)17(19)20)16-8-13(14)5-2-6-13/h3-4,7,16H,2,5-6,8,14H2,1H3,(H,15,18). The summed E-state index contributed by atoms with van der Waals surface area (Å²) in [5, 5.41) is 16.6. The molecule has 108 valence electrons. The van der Waals surface area contributed by atoms with Gasteiger partial charge < -0.3 is 16.4 Å². The molecule has 1 aliphatic rings. The van der Waals surface area contributed by atoms with Crippen LogP contribution in [0.25, 0.3) is 0 Å². The molecule has 0 saturated heterocycles. The summed E-state index contributed by atoms with van der Waals surface area (Å²) in [6.07, 6.45) is 2.93. The molecule has 0 unspecified atom stereocenters. The van der Waals surface area contributed by atoms with Crippen LogP contribution < -0.4 is 16.4 Å². The molecule has 1 fully saturated rings. The van der Waals surface area contributed by atoms with Crippen LogP contribution in [0, 0.1) is 10.1 Å². The topological polar surface area (TPSA) is 110 Å². The molecule has 20 heavy (non-hydrogen) atoms. The van der Waals surface area contributed by atoms with Crippen LogP contribution in [-0.2, 0) is 0 Å². The van der Waals surface area contributed by atoms with Gasteiger partial charge in [0.2, 0.25) is 0 Å². The smallest absolute Gasteiger partial charge is 0.293 e. The van der Waals surface area contributed by atoms with E-state index in [9.17, 15) is 14.9 Å². The van der Waals surface area contributed by atoms with Crippen LogP contribution in [-0.4, -0.2) is 30.0 Å². The van der Waals surface area contributed by atoms with E-state index in [2.05, 4.69) is 10.6 Å². The zero-order chi connectivity index (χ0) is 14.8. The molecule has 0 radical (unpaired) electrons. The summed E-state index contributed by atoms with van der Waals surface area (Å²) in [5.74, 6) is -0.353. The van der Waals surface area contributed by atoms with Gasteiger partial charge in [0.15, 0.2) is 0 Å². The van der Waals surface area contributed by atoms with E-state index in [1.54, 1.807) is 12.1 Å². The monoisotopic (exact) mass is 278 g/mol. The largest absolute Gasteiger partial charge is 0.378 e. The zero-order valence-corrected chi connectivity index (χ0v) is 11.3. The normalized spacial score (nSPS) is 16.1. The lowest BCUT2D eigenvalue weighted by molar-refractivity contribution is -0.384. The third kappa shape index (κ3) is 2.88. The van der Waals surface area contributed by atoms with E-state index < -0.39 is 4.92 Å². The van der Waals surface area contributed by atoms with E-state index in [0.717, 1.165) is 19.3 Å². The Morgan fingerprint density at radius 2 is 2.20 bits per heavy atom. The molecule has 0 bridgehead atoms. The molecule has 7 heteroatoms. The highest BCUT2D eigenvalue weighted by Crippen LogP contribution is 2.31. The van der Waals surface area contributed by atoms with Crippen molar-refractivity contribution >= 4 is 17.3 Å². The quantitative estimate of drug-likeness (QED) is 0.554. The highest BCUT2D eigenvalue weighted by atomic mass is 16.6. The first-order valence-corrected chi connectivity index (χ1v) is 6.48. The number of nitrogens with one attached hydrogen (secondary N) is 2. The average molecular weight is 278 g/mol. The number of nitrogens with two attached hydrogens (primary N) is 1. The van der Waals surface area contributed by atoms with Crippen LogP contribution in [0.5, 0.6) is 0 Å². The fourth-order valence-electron chi connectivity index (χ4n) is 2.20. The Morgan fingerprint density at radius 1 is 1.50 bits per heavy atom. The Bertz CT molecular complexity index is 540. The number of amides is 1. The number of carbonyl (C=O) groups is 1. The summed E-state index contributed by atoms with van der Waals surface area (Å²) in [6, 6.07) is 4.37. The lowest BCUT2D eigenvalue weighted by atomic mass is 9.78. The predicted octanol–water partition coefficient (Wildman–Crippen LogP) is 1.25. The molecule has 0 spiro atoms. The number of hydrogen-bond acceptors (Lipinski definition) is 5. The second-order valence-electron chi connectivity index (χ2n) is 5.14. The second-order valence-corrected chi connectivity index (χ2v) is 5.14. The van der Waals surface area contributed by atoms with Crippen molar-refractivity contribution in [2.45, 2.75) is 24.8 Å². The first kappa shape index (κ1) is 14.3. The summed E-state index contributed by atoms with van der Waals surface area (Å²) in [7, 11) is 1.48. The van der Waals surface area contributed by atoms with Crippen molar-refractivity contribution in [3.63, 3.8) is 0 Å². The minimum absolute atomic E-state index is 0.117. The lowest BCUT2D eigenvalue weighted by Gasteiger charge is -2.38. The van der Waals surface area contributed by atoms with E-state index in [0.29, 0.717) is 12.2 Å². The molecule has 1 aromatic carbocycles. The van der Waals surface area contributed by atoms with Gasteiger partial charge in [0.25, 0.3) is 11.6 Å². The molecule has 1 saturated carbocycles. The molecule has 7 nitrogen and oxygen atoms in total. The highest BCUT2D eigenvalue weighted by Gasteiger charge is 2.32. The molecule has 0 atom stereocenters. The number of nitro benzene ring substituents is 1. The van der Waals surface area contributed by atoms with Crippen molar-refractivity contribution in [1.82, 2.24) is 5.32 Å². The molecular formula is C13H18N4O3. The van der Waals surface area contributed by atoms with Gasteiger partial charge in [0.05, 0.1) is 4.92 Å². The third-order valence-corrected chi connectivity index (χ3v) is 3.66. The van der Waals surface area contributed by atoms with Gasteiger partial charge in [-0.15, -0.1) is 0 Å². The molecule has 0 aromatic heterocycles. The van der Waals surface area contributed by atoms with Gasteiger partial charge in [0, 0.05) is 30.8 Å². The van der Waals surface area contributed by atoms with Gasteiger partial charge in [-0.1, -0.05) is 0 Å². The number of carbonyl (C=O) groups excluding carboxylic acids is 1. The number of benzene rings is 1. The van der Waals surface area contributed by atoms with Crippen molar-refractivity contribution in [1.29, 1.82) is 0 Å². The fraction of sp³-hybridized carbons (Fsp3) is 0.462. The zero-order valence-electron chi connectivity index (χ0n) is 11.3. The van der Waals surface area contributed by atoms with Crippen LogP contribution in [0.1, 0.15) is 29.6 Å². The molecule has 0 heterocycles. The lowest BCUT2D eigenvalue weighted by Crippen LogP contribution is -2.52. The van der Waals surface area contributed by atoms with Crippen molar-refractivity contribution in [2.75, 3.05) is 18.9 Å². The third-order valence-electron chi connectivity index (χ3n) is 3.66. The molecule has 1 aliphatic carbocycles. The van der Waals surface area contributed by atoms with Gasteiger partial charge in [-0.3, -0.25) is 14.9 Å². The molecule has 0 aliphatic heterocycles. The summed E-state index contributed by atoms with van der Waals surface area (Å²) in [5.41, 5.74) is 6.34. The number of hydrogen-bond donors (Lipinski definition) is 3. The summed E-state index contributed by atoms with van der Waals surface area (Å²) in [4.78, 5) is 22.1. The van der Waals surface area contributed by atoms with E-state index in [1.807, 2.05) is 0 Å². The first-order chi connectivity index (χ1) is 9.45. The number of nitro groups is 1. The van der Waals surface area contributed by atoms with E-state index in [-0.39, 0.29) is 22.7 Å². The van der Waals surface area contributed by atoms with Gasteiger partial charge in [0.1, 0.15) is 5.69 Å². The fourth-order valence-corrected chi connectivity index (χ4v) is 2.20. The molecule has 1 amide bonds. The van der Waals surface area contributed by atoms with Gasteiger partial charge >= 0.3 is 0 Å². The predicted molar refractivity (Wildman–Crippen MR) is 75.7 cm³/mol. The highest BCUT2D eigenvalue weighted by molar-refractivity contribution is 5.95. The van der Waals surface area contributed by atoms with E-state index in [1.165, 1.54) is 13.1 Å². The Balaban J connectivity index is 2.19. The minimum Gasteiger partial charge on any atom is -0.378 e. The summed E-state index contributed by atoms with van der Waals surface area (Å²) in [6.45, 7) is 0.493. The Hall–Kier alpha value is -2.15. The molecule has 2 rings (SSSR count). The SMILES string of the molecule is CNC(=O)c1ccc(NCC2(N)CCC2)c([N+](=O)[O-])c1. The first-order valence-electron chi connectivity index (χ1n) is 6.48. The Kier molecular flexibility index (Phi) is 3.89. The van der Waals surface area contributed by atoms with Crippen LogP contribution in [0.2, 0.25) is 0 Å². The Morgan fingerprint density at radius 3 is 2.70 bits per heavy atom. The van der Waals surface area contributed by atoms with Gasteiger partial charge in [-0.2, -0.15) is 0 Å². The van der Waals surface area contributed by atoms with Gasteiger partial charge in [-0.05, 0) is 31.4 Å². The minimum atomic E-state index is -0.501. The summed E-state index contributed by atoms with van der Waals surface area (Å²) >= 11 is 0. The van der Waals surface area contributed by atoms with E-state index in [4.69, 9.17) is 5.73 Å². The van der Waals surface area contributed by atoms with Crippen LogP contribution in [0.4, 0.5) is 11.4 Å². The molecule has 4 N–H and O–H groups in total. The van der Waals surface area contributed by atoms with Crippen LogP contribution >= 0.6 is 0 Å². The maximum absolute atomic E-state index is 11.5. The Labute approximate surface area is 116 Å². The second kappa shape index (κ2) is 5.46. The van der Waals surface area contributed by atoms with Crippen molar-refractivity contribution in [2.24, 2.45) is 5.73 Å². The maximum atomic E-state index is 11.5. The van der Waals surface area contributed by atoms with Crippen molar-refractivity contribution in [3.05, 3.63) is 33.9 Å². The molecule has 1 aromatic rings. The van der Waals surface area contributed by atoms with Crippen LogP contribution in [0.3, 0.4) is 0 Å². The van der Waals surface area contributed by atoms with Gasteiger partial charge in [-0.25, -0.2) is 0 Å². The number of nitrogens with zero attached hydrogens (tertiary/aromatic N) is 1. The average Bonchev–Trinajstić information content (AvgIpc) is 2.41. The van der Waals surface area contributed by atoms with Crippen molar-refractivity contribution in [3.8, 4) is 0 Å². The number of rotatable bonds is 5. The maximum Gasteiger partial charge on any atom is 0.293 e. The van der Waals surface area contributed by atoms with Crippen LogP contribution in [0.15, 0.2) is 18.2 Å². The summed E-state index contributed by atoms with van der Waals surface area (Å²) < 4.78 is 0. The van der Waals surface area contributed by atoms with Crippen molar-refractivity contribution < 1.29 is 9.72 Å². The number of anilines is 1.